The Balaban J connectivity index is 2.06. The number of rotatable bonds is 2. The monoisotopic (exact) mass is 268 g/mol. The second kappa shape index (κ2) is 5.55. The van der Waals surface area contributed by atoms with Crippen molar-refractivity contribution in [2.45, 2.75) is 38.6 Å². The molecule has 0 bridgehead atoms. The van der Waals surface area contributed by atoms with Gasteiger partial charge in [0.1, 0.15) is 0 Å². The number of nitrogen functional groups attached to an aromatic ring is 1. The molecule has 0 atom stereocenters. The molecule has 1 aliphatic carbocycles. The van der Waals surface area contributed by atoms with E-state index in [-0.39, 0.29) is 17.3 Å². The van der Waals surface area contributed by atoms with Gasteiger partial charge in [-0.2, -0.15) is 0 Å². The highest BCUT2D eigenvalue weighted by molar-refractivity contribution is 5.99. The van der Waals surface area contributed by atoms with Crippen molar-refractivity contribution >= 4 is 11.6 Å². The minimum atomic E-state index is -1.06. The second-order valence-electron chi connectivity index (χ2n) is 5.28. The lowest BCUT2D eigenvalue weighted by molar-refractivity contribution is 0.0923. The summed E-state index contributed by atoms with van der Waals surface area (Å²) in [7, 11) is 0. The standard InChI is InChI=1S/C14H18F2N2O/c1-8-2-4-9(5-3-8)18-14(19)10-6-11(15)12(16)7-13(10)17/h6-9H,2-5,17H2,1H3,(H,18,19). The maximum absolute atomic E-state index is 13.1. The number of nitrogens with one attached hydrogen (secondary N) is 1. The molecule has 0 saturated heterocycles. The summed E-state index contributed by atoms with van der Waals surface area (Å²) >= 11 is 0. The quantitative estimate of drug-likeness (QED) is 0.810. The van der Waals surface area contributed by atoms with E-state index in [0.717, 1.165) is 37.8 Å². The van der Waals surface area contributed by atoms with Crippen LogP contribution in [0.1, 0.15) is 43.0 Å². The molecule has 2 rings (SSSR count). The van der Waals surface area contributed by atoms with Gasteiger partial charge in [-0.25, -0.2) is 8.78 Å². The van der Waals surface area contributed by atoms with E-state index in [2.05, 4.69) is 12.2 Å². The van der Waals surface area contributed by atoms with Gasteiger partial charge in [-0.15, -0.1) is 0 Å². The first-order valence-electron chi connectivity index (χ1n) is 6.52. The first-order chi connectivity index (χ1) is 8.97. The predicted octanol–water partition coefficient (Wildman–Crippen LogP) is 2.86. The van der Waals surface area contributed by atoms with Crippen LogP contribution in [0.4, 0.5) is 14.5 Å². The Morgan fingerprint density at radius 2 is 1.79 bits per heavy atom. The van der Waals surface area contributed by atoms with E-state index in [9.17, 15) is 13.6 Å². The Morgan fingerprint density at radius 1 is 1.21 bits per heavy atom. The summed E-state index contributed by atoms with van der Waals surface area (Å²) in [6.07, 6.45) is 3.96. The normalized spacial score (nSPS) is 23.1. The maximum atomic E-state index is 13.1. The van der Waals surface area contributed by atoms with Crippen LogP contribution in [0.5, 0.6) is 0 Å². The highest BCUT2D eigenvalue weighted by Crippen LogP contribution is 2.24. The zero-order chi connectivity index (χ0) is 14.0. The zero-order valence-electron chi connectivity index (χ0n) is 10.9. The van der Waals surface area contributed by atoms with Gasteiger partial charge in [0.15, 0.2) is 11.6 Å². The number of halogens is 2. The molecule has 0 unspecified atom stereocenters. The summed E-state index contributed by atoms with van der Waals surface area (Å²) in [4.78, 5) is 12.0. The van der Waals surface area contributed by atoms with Crippen molar-refractivity contribution in [1.29, 1.82) is 0 Å². The SMILES string of the molecule is CC1CCC(NC(=O)c2cc(F)c(F)cc2N)CC1. The molecule has 0 spiro atoms. The van der Waals surface area contributed by atoms with Crippen molar-refractivity contribution in [2.75, 3.05) is 5.73 Å². The molecule has 0 aromatic heterocycles. The van der Waals surface area contributed by atoms with Crippen LogP contribution in [0.2, 0.25) is 0 Å². The molecular weight excluding hydrogens is 250 g/mol. The fourth-order valence-corrected chi connectivity index (χ4v) is 2.43. The molecule has 1 saturated carbocycles. The molecule has 0 heterocycles. The van der Waals surface area contributed by atoms with Crippen molar-refractivity contribution in [1.82, 2.24) is 5.32 Å². The fourth-order valence-electron chi connectivity index (χ4n) is 2.43. The average molecular weight is 268 g/mol. The fraction of sp³-hybridized carbons (Fsp3) is 0.500. The molecule has 0 aliphatic heterocycles. The third-order valence-corrected chi connectivity index (χ3v) is 3.69. The summed E-state index contributed by atoms with van der Waals surface area (Å²) in [5.74, 6) is -1.85. The zero-order valence-corrected chi connectivity index (χ0v) is 10.9. The lowest BCUT2D eigenvalue weighted by atomic mass is 9.87. The topological polar surface area (TPSA) is 55.1 Å². The molecule has 1 aromatic rings. The van der Waals surface area contributed by atoms with Crippen LogP contribution in [-0.2, 0) is 0 Å². The Kier molecular flexibility index (Phi) is 4.02. The summed E-state index contributed by atoms with van der Waals surface area (Å²) in [6.45, 7) is 2.19. The Hall–Kier alpha value is -1.65. The van der Waals surface area contributed by atoms with Gasteiger partial charge >= 0.3 is 0 Å². The van der Waals surface area contributed by atoms with Gasteiger partial charge < -0.3 is 11.1 Å². The van der Waals surface area contributed by atoms with E-state index in [0.29, 0.717) is 5.92 Å². The van der Waals surface area contributed by atoms with Crippen LogP contribution in [0.15, 0.2) is 12.1 Å². The van der Waals surface area contributed by atoms with Crippen LogP contribution >= 0.6 is 0 Å². The van der Waals surface area contributed by atoms with Crippen molar-refractivity contribution in [3.63, 3.8) is 0 Å². The Morgan fingerprint density at radius 3 is 2.42 bits per heavy atom. The van der Waals surface area contributed by atoms with Gasteiger partial charge in [0, 0.05) is 17.8 Å². The van der Waals surface area contributed by atoms with Crippen LogP contribution in [0.25, 0.3) is 0 Å². The minimum Gasteiger partial charge on any atom is -0.398 e. The minimum absolute atomic E-state index is 0.00229. The number of hydrogen-bond donors (Lipinski definition) is 2. The second-order valence-corrected chi connectivity index (χ2v) is 5.28. The van der Waals surface area contributed by atoms with Gasteiger partial charge in [-0.1, -0.05) is 6.92 Å². The lowest BCUT2D eigenvalue weighted by Gasteiger charge is -2.27. The van der Waals surface area contributed by atoms with Gasteiger partial charge in [0.25, 0.3) is 5.91 Å². The molecule has 3 nitrogen and oxygen atoms in total. The van der Waals surface area contributed by atoms with Crippen LogP contribution < -0.4 is 11.1 Å². The molecule has 0 radical (unpaired) electrons. The smallest absolute Gasteiger partial charge is 0.253 e. The molecule has 1 fully saturated rings. The molecular formula is C14H18F2N2O. The van der Waals surface area contributed by atoms with Gasteiger partial charge in [0.2, 0.25) is 0 Å². The van der Waals surface area contributed by atoms with E-state index in [4.69, 9.17) is 5.73 Å². The highest BCUT2D eigenvalue weighted by Gasteiger charge is 2.22. The van der Waals surface area contributed by atoms with E-state index in [1.54, 1.807) is 0 Å². The Bertz CT molecular complexity index is 483. The first-order valence-corrected chi connectivity index (χ1v) is 6.52. The van der Waals surface area contributed by atoms with Gasteiger partial charge in [-0.3, -0.25) is 4.79 Å². The Labute approximate surface area is 111 Å². The van der Waals surface area contributed by atoms with Crippen molar-refractivity contribution < 1.29 is 13.6 Å². The van der Waals surface area contributed by atoms with Gasteiger partial charge in [0.05, 0.1) is 5.56 Å². The third-order valence-electron chi connectivity index (χ3n) is 3.69. The third kappa shape index (κ3) is 3.22. The largest absolute Gasteiger partial charge is 0.398 e. The van der Waals surface area contributed by atoms with E-state index in [1.807, 2.05) is 0 Å². The maximum Gasteiger partial charge on any atom is 0.253 e. The average Bonchev–Trinajstić information content (AvgIpc) is 2.36. The van der Waals surface area contributed by atoms with Crippen LogP contribution in [0.3, 0.4) is 0 Å². The molecule has 1 aromatic carbocycles. The number of amides is 1. The molecule has 5 heteroatoms. The number of carbonyl (C=O) groups is 1. The summed E-state index contributed by atoms with van der Waals surface area (Å²) in [5.41, 5.74) is 5.51. The van der Waals surface area contributed by atoms with E-state index >= 15 is 0 Å². The van der Waals surface area contributed by atoms with E-state index in [1.165, 1.54) is 0 Å². The molecule has 104 valence electrons. The summed E-state index contributed by atoms with van der Waals surface area (Å²) in [5, 5.41) is 2.84. The van der Waals surface area contributed by atoms with Gasteiger partial charge in [-0.05, 0) is 37.7 Å². The molecule has 3 N–H and O–H groups in total. The summed E-state index contributed by atoms with van der Waals surface area (Å²) in [6, 6.07) is 1.79. The van der Waals surface area contributed by atoms with Crippen molar-refractivity contribution in [3.8, 4) is 0 Å². The number of carbonyl (C=O) groups excluding carboxylic acids is 1. The van der Waals surface area contributed by atoms with E-state index < -0.39 is 17.5 Å². The number of benzene rings is 1. The van der Waals surface area contributed by atoms with Crippen LogP contribution in [0, 0.1) is 17.6 Å². The predicted molar refractivity (Wildman–Crippen MR) is 69.7 cm³/mol. The number of anilines is 1. The highest BCUT2D eigenvalue weighted by atomic mass is 19.2. The van der Waals surface area contributed by atoms with Crippen LogP contribution in [-0.4, -0.2) is 11.9 Å². The lowest BCUT2D eigenvalue weighted by Crippen LogP contribution is -2.37. The molecule has 1 amide bonds. The number of hydrogen-bond acceptors (Lipinski definition) is 2. The summed E-state index contributed by atoms with van der Waals surface area (Å²) < 4.78 is 26.1. The first kappa shape index (κ1) is 13.8. The molecule has 19 heavy (non-hydrogen) atoms. The molecule has 1 aliphatic rings. The van der Waals surface area contributed by atoms with Crippen molar-refractivity contribution in [3.05, 3.63) is 29.3 Å². The number of nitrogens with two attached hydrogens (primary N) is 1. The van der Waals surface area contributed by atoms with Crippen molar-refractivity contribution in [2.24, 2.45) is 5.92 Å².